The molecule has 2 heterocycles. The van der Waals surface area contributed by atoms with Crippen LogP contribution in [0.25, 0.3) is 0 Å². The van der Waals surface area contributed by atoms with E-state index in [0.717, 1.165) is 75.6 Å². The number of hydrogen-bond acceptors (Lipinski definition) is 7. The highest BCUT2D eigenvalue weighted by Gasteiger charge is 2.18. The van der Waals surface area contributed by atoms with E-state index in [1.807, 2.05) is 30.3 Å². The smallest absolute Gasteiger partial charge is 0.225 e. The first kappa shape index (κ1) is 23.7. The van der Waals surface area contributed by atoms with Crippen molar-refractivity contribution in [1.29, 1.82) is 0 Å². The molecule has 0 atom stereocenters. The molecule has 0 radical (unpaired) electrons. The fraction of sp³-hybridized carbons (Fsp3) is 0.522. The molecule has 0 amide bonds. The molecule has 32 heavy (non-hydrogen) atoms. The molecule has 0 bridgehead atoms. The summed E-state index contributed by atoms with van der Waals surface area (Å²) in [5, 5.41) is 6.69. The van der Waals surface area contributed by atoms with E-state index < -0.39 is 0 Å². The standard InChI is InChI=1S/C23H35N7O2/c1-3-24-22(28-20-7-4-8-21(19-20)32-18-6-17-31-2)25-11-12-29-13-15-30(16-14-29)23-26-9-5-10-27-23/h4-5,7-10,19H,3,6,11-18H2,1-2H3,(H2,24,25,28). The average molecular weight is 442 g/mol. The second-order valence-electron chi connectivity index (χ2n) is 7.49. The number of guanidine groups is 1. The maximum absolute atomic E-state index is 5.79. The highest BCUT2D eigenvalue weighted by Crippen LogP contribution is 2.17. The summed E-state index contributed by atoms with van der Waals surface area (Å²) >= 11 is 0. The summed E-state index contributed by atoms with van der Waals surface area (Å²) < 4.78 is 10.9. The Labute approximate surface area is 190 Å². The van der Waals surface area contributed by atoms with E-state index in [1.165, 1.54) is 0 Å². The van der Waals surface area contributed by atoms with Crippen molar-refractivity contribution in [2.24, 2.45) is 4.99 Å². The number of rotatable bonds is 11. The van der Waals surface area contributed by atoms with Crippen LogP contribution in [-0.2, 0) is 4.74 Å². The number of benzene rings is 1. The van der Waals surface area contributed by atoms with Crippen LogP contribution in [0.4, 0.5) is 11.6 Å². The maximum atomic E-state index is 5.79. The van der Waals surface area contributed by atoms with Crippen molar-refractivity contribution in [2.45, 2.75) is 13.3 Å². The molecule has 1 fully saturated rings. The van der Waals surface area contributed by atoms with Crippen LogP contribution < -0.4 is 20.3 Å². The molecule has 0 saturated carbocycles. The quantitative estimate of drug-likeness (QED) is 0.311. The fourth-order valence-corrected chi connectivity index (χ4v) is 3.43. The lowest BCUT2D eigenvalue weighted by Gasteiger charge is -2.34. The van der Waals surface area contributed by atoms with Crippen molar-refractivity contribution in [3.8, 4) is 5.75 Å². The summed E-state index contributed by atoms with van der Waals surface area (Å²) in [5.74, 6) is 2.43. The van der Waals surface area contributed by atoms with Gasteiger partial charge in [-0.05, 0) is 25.1 Å². The Bertz CT molecular complexity index is 811. The molecule has 2 N–H and O–H groups in total. The Morgan fingerprint density at radius 3 is 2.66 bits per heavy atom. The van der Waals surface area contributed by atoms with Crippen molar-refractivity contribution in [3.05, 3.63) is 42.7 Å². The van der Waals surface area contributed by atoms with Crippen molar-refractivity contribution in [2.75, 3.05) is 76.4 Å². The minimum Gasteiger partial charge on any atom is -0.493 e. The second kappa shape index (κ2) is 13.5. The van der Waals surface area contributed by atoms with Gasteiger partial charge in [-0.2, -0.15) is 0 Å². The van der Waals surface area contributed by atoms with Crippen molar-refractivity contribution in [1.82, 2.24) is 20.2 Å². The van der Waals surface area contributed by atoms with Crippen LogP contribution >= 0.6 is 0 Å². The van der Waals surface area contributed by atoms with Gasteiger partial charge < -0.3 is 25.0 Å². The topological polar surface area (TPSA) is 87.1 Å². The zero-order valence-corrected chi connectivity index (χ0v) is 19.2. The molecule has 3 rings (SSSR count). The van der Waals surface area contributed by atoms with Gasteiger partial charge in [0.1, 0.15) is 5.75 Å². The molecule has 9 nitrogen and oxygen atoms in total. The molecule has 1 saturated heterocycles. The summed E-state index contributed by atoms with van der Waals surface area (Å²) in [5.41, 5.74) is 0.949. The molecule has 1 aromatic heterocycles. The lowest BCUT2D eigenvalue weighted by Crippen LogP contribution is -2.47. The van der Waals surface area contributed by atoms with Crippen LogP contribution in [0.3, 0.4) is 0 Å². The minimum absolute atomic E-state index is 0.634. The van der Waals surface area contributed by atoms with Crippen LogP contribution in [-0.4, -0.2) is 87.0 Å². The predicted molar refractivity (Wildman–Crippen MR) is 129 cm³/mol. The molecule has 0 aliphatic carbocycles. The SMILES string of the molecule is CCNC(=NCCN1CCN(c2ncccn2)CC1)Nc1cccc(OCCCOC)c1. The Hall–Kier alpha value is -2.91. The summed E-state index contributed by atoms with van der Waals surface area (Å²) in [4.78, 5) is 18.1. The highest BCUT2D eigenvalue weighted by atomic mass is 16.5. The highest BCUT2D eigenvalue weighted by molar-refractivity contribution is 5.93. The summed E-state index contributed by atoms with van der Waals surface area (Å²) in [6.07, 6.45) is 4.45. The van der Waals surface area contributed by atoms with Gasteiger partial charge >= 0.3 is 0 Å². The number of aromatic nitrogens is 2. The van der Waals surface area contributed by atoms with Crippen molar-refractivity contribution >= 4 is 17.6 Å². The third-order valence-electron chi connectivity index (χ3n) is 5.10. The Balaban J connectivity index is 1.45. The van der Waals surface area contributed by atoms with Crippen molar-refractivity contribution < 1.29 is 9.47 Å². The Morgan fingerprint density at radius 2 is 1.91 bits per heavy atom. The lowest BCUT2D eigenvalue weighted by atomic mass is 10.3. The van der Waals surface area contributed by atoms with Gasteiger partial charge in [-0.3, -0.25) is 9.89 Å². The maximum Gasteiger partial charge on any atom is 0.225 e. The van der Waals surface area contributed by atoms with Crippen LogP contribution in [0, 0.1) is 0 Å². The number of anilines is 2. The molecule has 0 spiro atoms. The molecule has 174 valence electrons. The molecule has 9 heteroatoms. The number of hydrogen-bond donors (Lipinski definition) is 2. The van der Waals surface area contributed by atoms with Crippen LogP contribution in [0.5, 0.6) is 5.75 Å². The van der Waals surface area contributed by atoms with Gasteiger partial charge in [-0.1, -0.05) is 6.07 Å². The third-order valence-corrected chi connectivity index (χ3v) is 5.10. The number of ether oxygens (including phenoxy) is 2. The van der Waals surface area contributed by atoms with E-state index in [1.54, 1.807) is 19.5 Å². The fourth-order valence-electron chi connectivity index (χ4n) is 3.43. The van der Waals surface area contributed by atoms with Crippen LogP contribution in [0.15, 0.2) is 47.7 Å². The third kappa shape index (κ3) is 7.97. The van der Waals surface area contributed by atoms with Crippen LogP contribution in [0.2, 0.25) is 0 Å². The zero-order chi connectivity index (χ0) is 22.4. The largest absolute Gasteiger partial charge is 0.493 e. The monoisotopic (exact) mass is 441 g/mol. The summed E-state index contributed by atoms with van der Waals surface area (Å²) in [7, 11) is 1.70. The van der Waals surface area contributed by atoms with Gasteiger partial charge in [0, 0.05) is 83.6 Å². The van der Waals surface area contributed by atoms with Crippen LogP contribution in [0.1, 0.15) is 13.3 Å². The van der Waals surface area contributed by atoms with Gasteiger partial charge in [0.15, 0.2) is 5.96 Å². The predicted octanol–water partition coefficient (Wildman–Crippen LogP) is 2.09. The van der Waals surface area contributed by atoms with Gasteiger partial charge in [-0.15, -0.1) is 0 Å². The van der Waals surface area contributed by atoms with E-state index in [9.17, 15) is 0 Å². The van der Waals surface area contributed by atoms with E-state index >= 15 is 0 Å². The lowest BCUT2D eigenvalue weighted by molar-refractivity contribution is 0.172. The molecule has 1 aliphatic rings. The molecule has 0 unspecified atom stereocenters. The molecular weight excluding hydrogens is 406 g/mol. The van der Waals surface area contributed by atoms with E-state index in [0.29, 0.717) is 13.2 Å². The van der Waals surface area contributed by atoms with E-state index in [4.69, 9.17) is 14.5 Å². The first-order valence-corrected chi connectivity index (χ1v) is 11.3. The van der Waals surface area contributed by atoms with Gasteiger partial charge in [0.2, 0.25) is 5.95 Å². The summed E-state index contributed by atoms with van der Waals surface area (Å²) in [6, 6.07) is 9.79. The summed E-state index contributed by atoms with van der Waals surface area (Å²) in [6.45, 7) is 9.69. The number of aliphatic imine (C=N–C) groups is 1. The Kier molecular flexibility index (Phi) is 10.0. The Morgan fingerprint density at radius 1 is 1.09 bits per heavy atom. The zero-order valence-electron chi connectivity index (χ0n) is 19.2. The normalized spacial score (nSPS) is 14.9. The molecule has 1 aliphatic heterocycles. The van der Waals surface area contributed by atoms with Gasteiger partial charge in [0.05, 0.1) is 13.2 Å². The number of methoxy groups -OCH3 is 1. The first-order chi connectivity index (χ1) is 15.8. The van der Waals surface area contributed by atoms with Gasteiger partial charge in [-0.25, -0.2) is 9.97 Å². The number of piperazine rings is 1. The molecular formula is C23H35N7O2. The minimum atomic E-state index is 0.634. The molecule has 1 aromatic carbocycles. The van der Waals surface area contributed by atoms with E-state index in [2.05, 4.69) is 37.3 Å². The molecule has 2 aromatic rings. The number of nitrogens with one attached hydrogen (secondary N) is 2. The van der Waals surface area contributed by atoms with Crippen molar-refractivity contribution in [3.63, 3.8) is 0 Å². The second-order valence-corrected chi connectivity index (χ2v) is 7.49. The first-order valence-electron chi connectivity index (χ1n) is 11.3. The van der Waals surface area contributed by atoms with E-state index in [-0.39, 0.29) is 0 Å². The number of nitrogens with zero attached hydrogens (tertiary/aromatic N) is 5. The average Bonchev–Trinajstić information content (AvgIpc) is 2.83. The van der Waals surface area contributed by atoms with Gasteiger partial charge in [0.25, 0.3) is 0 Å².